The fourth-order valence-corrected chi connectivity index (χ4v) is 1.73. The maximum atomic E-state index is 10.0. The summed E-state index contributed by atoms with van der Waals surface area (Å²) in [4.78, 5) is 0. The van der Waals surface area contributed by atoms with Gasteiger partial charge in [0.05, 0.1) is 17.7 Å². The Bertz CT molecular complexity index is 511. The van der Waals surface area contributed by atoms with E-state index in [-0.39, 0.29) is 0 Å². The molecule has 0 saturated heterocycles. The summed E-state index contributed by atoms with van der Waals surface area (Å²) in [6.07, 6.45) is 0.0690. The second-order valence-electron chi connectivity index (χ2n) is 3.94. The monoisotopic (exact) mass is 223 g/mol. The number of benzene rings is 2. The molecule has 2 aromatic carbocycles. The van der Waals surface area contributed by atoms with Crippen molar-refractivity contribution >= 4 is 0 Å². The first-order valence-electron chi connectivity index (χ1n) is 5.51. The lowest BCUT2D eigenvalue weighted by atomic mass is 10.0. The molecule has 84 valence electrons. The molecule has 2 aromatic rings. The molecule has 0 amide bonds. The molecular weight excluding hydrogens is 210 g/mol. The first kappa shape index (κ1) is 11.4. The minimum atomic E-state index is -0.496. The normalized spacial score (nSPS) is 11.8. The number of aliphatic hydroxyl groups is 1. The van der Waals surface area contributed by atoms with E-state index in [0.717, 1.165) is 11.1 Å². The lowest BCUT2D eigenvalue weighted by Gasteiger charge is -2.10. The number of hydrogen-bond acceptors (Lipinski definition) is 2. The summed E-state index contributed by atoms with van der Waals surface area (Å²) in [6, 6.07) is 19.0. The van der Waals surface area contributed by atoms with Gasteiger partial charge in [0, 0.05) is 6.42 Å². The highest BCUT2D eigenvalue weighted by Crippen LogP contribution is 2.18. The number of rotatable bonds is 3. The highest BCUT2D eigenvalue weighted by atomic mass is 16.3. The lowest BCUT2D eigenvalue weighted by molar-refractivity contribution is 0.178. The van der Waals surface area contributed by atoms with Gasteiger partial charge in [-0.3, -0.25) is 0 Å². The SMILES string of the molecule is N#Cc1ccc(CC(O)c2ccccc2)cc1. The van der Waals surface area contributed by atoms with Crippen molar-refractivity contribution in [3.05, 3.63) is 71.3 Å². The van der Waals surface area contributed by atoms with Crippen LogP contribution in [0.3, 0.4) is 0 Å². The number of hydrogen-bond donors (Lipinski definition) is 1. The van der Waals surface area contributed by atoms with Crippen molar-refractivity contribution < 1.29 is 5.11 Å². The van der Waals surface area contributed by atoms with Gasteiger partial charge in [-0.25, -0.2) is 0 Å². The molecule has 0 aliphatic carbocycles. The molecule has 0 spiro atoms. The molecule has 0 saturated carbocycles. The van der Waals surface area contributed by atoms with E-state index in [2.05, 4.69) is 6.07 Å². The van der Waals surface area contributed by atoms with Gasteiger partial charge in [-0.15, -0.1) is 0 Å². The quantitative estimate of drug-likeness (QED) is 0.869. The maximum Gasteiger partial charge on any atom is 0.0991 e. The third kappa shape index (κ3) is 2.93. The minimum absolute atomic E-state index is 0.496. The zero-order valence-electron chi connectivity index (χ0n) is 9.38. The predicted octanol–water partition coefficient (Wildman–Crippen LogP) is 2.83. The highest BCUT2D eigenvalue weighted by molar-refractivity contribution is 5.32. The maximum absolute atomic E-state index is 10.0. The number of aliphatic hydroxyl groups excluding tert-OH is 1. The standard InChI is InChI=1S/C15H13NO/c16-11-13-8-6-12(7-9-13)10-15(17)14-4-2-1-3-5-14/h1-9,15,17H,10H2. The van der Waals surface area contributed by atoms with Crippen molar-refractivity contribution in [3.63, 3.8) is 0 Å². The van der Waals surface area contributed by atoms with Gasteiger partial charge in [-0.2, -0.15) is 5.26 Å². The van der Waals surface area contributed by atoms with Crippen LogP contribution in [0.15, 0.2) is 54.6 Å². The van der Waals surface area contributed by atoms with Crippen molar-refractivity contribution in [1.82, 2.24) is 0 Å². The lowest BCUT2D eigenvalue weighted by Crippen LogP contribution is -2.01. The molecule has 2 nitrogen and oxygen atoms in total. The van der Waals surface area contributed by atoms with Crippen LogP contribution in [0.25, 0.3) is 0 Å². The summed E-state index contributed by atoms with van der Waals surface area (Å²) >= 11 is 0. The van der Waals surface area contributed by atoms with E-state index in [1.165, 1.54) is 0 Å². The van der Waals surface area contributed by atoms with Crippen LogP contribution in [0.2, 0.25) is 0 Å². The molecule has 2 rings (SSSR count). The number of nitrogens with zero attached hydrogens (tertiary/aromatic N) is 1. The van der Waals surface area contributed by atoms with Gasteiger partial charge in [0.25, 0.3) is 0 Å². The molecule has 0 aliphatic rings. The molecule has 1 atom stereocenters. The second kappa shape index (κ2) is 5.29. The van der Waals surface area contributed by atoms with Gasteiger partial charge < -0.3 is 5.11 Å². The van der Waals surface area contributed by atoms with E-state index < -0.39 is 6.10 Å². The Kier molecular flexibility index (Phi) is 3.54. The van der Waals surface area contributed by atoms with Gasteiger partial charge in [0.15, 0.2) is 0 Å². The van der Waals surface area contributed by atoms with Crippen molar-refractivity contribution in [1.29, 1.82) is 5.26 Å². The fraction of sp³-hybridized carbons (Fsp3) is 0.133. The van der Waals surface area contributed by atoms with E-state index in [1.54, 1.807) is 12.1 Å². The van der Waals surface area contributed by atoms with Gasteiger partial charge >= 0.3 is 0 Å². The van der Waals surface area contributed by atoms with Gasteiger partial charge in [-0.05, 0) is 23.3 Å². The van der Waals surface area contributed by atoms with E-state index in [9.17, 15) is 5.11 Å². The van der Waals surface area contributed by atoms with E-state index >= 15 is 0 Å². The highest BCUT2D eigenvalue weighted by Gasteiger charge is 2.07. The van der Waals surface area contributed by atoms with Crippen LogP contribution in [0.4, 0.5) is 0 Å². The molecule has 1 unspecified atom stereocenters. The van der Waals surface area contributed by atoms with Gasteiger partial charge in [0.1, 0.15) is 0 Å². The average Bonchev–Trinajstić information content (AvgIpc) is 2.40. The molecule has 0 bridgehead atoms. The topological polar surface area (TPSA) is 44.0 Å². The molecule has 0 heterocycles. The Hall–Kier alpha value is -2.11. The zero-order chi connectivity index (χ0) is 12.1. The summed E-state index contributed by atoms with van der Waals surface area (Å²) in [7, 11) is 0. The molecule has 0 fully saturated rings. The van der Waals surface area contributed by atoms with Crippen LogP contribution in [0.1, 0.15) is 22.8 Å². The van der Waals surface area contributed by atoms with E-state index in [4.69, 9.17) is 5.26 Å². The first-order valence-corrected chi connectivity index (χ1v) is 5.51. The van der Waals surface area contributed by atoms with Crippen LogP contribution >= 0.6 is 0 Å². The van der Waals surface area contributed by atoms with Crippen molar-refractivity contribution in [3.8, 4) is 6.07 Å². The van der Waals surface area contributed by atoms with Crippen LogP contribution in [0.5, 0.6) is 0 Å². The first-order chi connectivity index (χ1) is 8.29. The third-order valence-corrected chi connectivity index (χ3v) is 2.70. The molecule has 0 aliphatic heterocycles. The molecular formula is C15H13NO. The van der Waals surface area contributed by atoms with Gasteiger partial charge in [-0.1, -0.05) is 42.5 Å². The van der Waals surface area contributed by atoms with E-state index in [1.807, 2.05) is 42.5 Å². The Morgan fingerprint density at radius 3 is 2.24 bits per heavy atom. The molecule has 17 heavy (non-hydrogen) atoms. The average molecular weight is 223 g/mol. The van der Waals surface area contributed by atoms with E-state index in [0.29, 0.717) is 12.0 Å². The van der Waals surface area contributed by atoms with Crippen molar-refractivity contribution in [2.24, 2.45) is 0 Å². The summed E-state index contributed by atoms with van der Waals surface area (Å²) in [5.41, 5.74) is 2.58. The summed E-state index contributed by atoms with van der Waals surface area (Å²) in [6.45, 7) is 0. The van der Waals surface area contributed by atoms with Crippen molar-refractivity contribution in [2.75, 3.05) is 0 Å². The Balaban J connectivity index is 2.08. The van der Waals surface area contributed by atoms with Crippen molar-refractivity contribution in [2.45, 2.75) is 12.5 Å². The zero-order valence-corrected chi connectivity index (χ0v) is 9.38. The largest absolute Gasteiger partial charge is 0.388 e. The number of nitriles is 1. The molecule has 0 radical (unpaired) electrons. The van der Waals surface area contributed by atoms with Gasteiger partial charge in [0.2, 0.25) is 0 Å². The summed E-state index contributed by atoms with van der Waals surface area (Å²) in [5, 5.41) is 18.7. The Morgan fingerprint density at radius 2 is 1.65 bits per heavy atom. The second-order valence-corrected chi connectivity index (χ2v) is 3.94. The molecule has 2 heteroatoms. The fourth-order valence-electron chi connectivity index (χ4n) is 1.73. The smallest absolute Gasteiger partial charge is 0.0991 e. The van der Waals surface area contributed by atoms with Crippen LogP contribution in [-0.2, 0) is 6.42 Å². The molecule has 0 aromatic heterocycles. The summed E-state index contributed by atoms with van der Waals surface area (Å²) in [5.74, 6) is 0. The Morgan fingerprint density at radius 1 is 1.00 bits per heavy atom. The van der Waals surface area contributed by atoms with Crippen LogP contribution in [0, 0.1) is 11.3 Å². The minimum Gasteiger partial charge on any atom is -0.388 e. The molecule has 1 N–H and O–H groups in total. The van der Waals surface area contributed by atoms with Crippen LogP contribution < -0.4 is 0 Å². The summed E-state index contributed by atoms with van der Waals surface area (Å²) < 4.78 is 0. The predicted molar refractivity (Wildman–Crippen MR) is 66.3 cm³/mol. The third-order valence-electron chi connectivity index (χ3n) is 2.70. The Labute approximate surface area is 101 Å². The van der Waals surface area contributed by atoms with Crippen LogP contribution in [-0.4, -0.2) is 5.11 Å².